The third kappa shape index (κ3) is 6.16. The highest BCUT2D eigenvalue weighted by atomic mass is 16.5. The van der Waals surface area contributed by atoms with Crippen molar-refractivity contribution in [2.45, 2.75) is 71.0 Å². The Bertz CT molecular complexity index is 151. The zero-order valence-corrected chi connectivity index (χ0v) is 10.2. The van der Waals surface area contributed by atoms with Crippen molar-refractivity contribution in [2.75, 3.05) is 6.61 Å². The summed E-state index contributed by atoms with van der Waals surface area (Å²) in [6.45, 7) is 4.52. The summed E-state index contributed by atoms with van der Waals surface area (Å²) in [5.41, 5.74) is 0. The van der Waals surface area contributed by atoms with Crippen LogP contribution in [0.2, 0.25) is 0 Å². The molecule has 1 aliphatic rings. The first-order valence-corrected chi connectivity index (χ1v) is 6.48. The SMILES string of the molecule is CC(C)OCC(O)CCC1CCCCC1. The van der Waals surface area contributed by atoms with Crippen LogP contribution in [0.1, 0.15) is 58.8 Å². The maximum absolute atomic E-state index is 9.70. The molecule has 0 heterocycles. The molecule has 0 bridgehead atoms. The number of aliphatic hydroxyl groups is 1. The van der Waals surface area contributed by atoms with Gasteiger partial charge in [0.2, 0.25) is 0 Å². The fourth-order valence-electron chi connectivity index (χ4n) is 2.29. The second-order valence-electron chi connectivity index (χ2n) is 5.12. The maximum atomic E-state index is 9.70. The minimum Gasteiger partial charge on any atom is -0.391 e. The molecule has 0 radical (unpaired) electrons. The average Bonchev–Trinajstić information content (AvgIpc) is 2.25. The van der Waals surface area contributed by atoms with Crippen molar-refractivity contribution in [3.05, 3.63) is 0 Å². The second kappa shape index (κ2) is 7.24. The lowest BCUT2D eigenvalue weighted by atomic mass is 9.85. The van der Waals surface area contributed by atoms with E-state index in [2.05, 4.69) is 0 Å². The van der Waals surface area contributed by atoms with Crippen molar-refractivity contribution in [3.63, 3.8) is 0 Å². The first-order valence-electron chi connectivity index (χ1n) is 6.48. The smallest absolute Gasteiger partial charge is 0.0773 e. The van der Waals surface area contributed by atoms with Crippen molar-refractivity contribution >= 4 is 0 Å². The van der Waals surface area contributed by atoms with E-state index in [4.69, 9.17) is 4.74 Å². The van der Waals surface area contributed by atoms with Gasteiger partial charge in [-0.3, -0.25) is 0 Å². The van der Waals surface area contributed by atoms with Crippen LogP contribution in [0.25, 0.3) is 0 Å². The molecule has 0 aromatic rings. The number of ether oxygens (including phenoxy) is 1. The largest absolute Gasteiger partial charge is 0.391 e. The lowest BCUT2D eigenvalue weighted by Crippen LogP contribution is -2.20. The van der Waals surface area contributed by atoms with E-state index in [1.165, 1.54) is 38.5 Å². The number of hydrogen-bond donors (Lipinski definition) is 1. The van der Waals surface area contributed by atoms with Crippen LogP contribution in [0.4, 0.5) is 0 Å². The van der Waals surface area contributed by atoms with Gasteiger partial charge in [-0.1, -0.05) is 32.1 Å². The molecule has 2 heteroatoms. The summed E-state index contributed by atoms with van der Waals surface area (Å²) in [5.74, 6) is 0.868. The van der Waals surface area contributed by atoms with Crippen molar-refractivity contribution in [2.24, 2.45) is 5.92 Å². The Morgan fingerprint density at radius 2 is 1.87 bits per heavy atom. The zero-order chi connectivity index (χ0) is 11.1. The molecule has 1 saturated carbocycles. The number of rotatable bonds is 6. The van der Waals surface area contributed by atoms with E-state index < -0.39 is 0 Å². The van der Waals surface area contributed by atoms with Crippen LogP contribution < -0.4 is 0 Å². The predicted molar refractivity (Wildman–Crippen MR) is 62.9 cm³/mol. The van der Waals surface area contributed by atoms with Crippen LogP contribution in [0.5, 0.6) is 0 Å². The van der Waals surface area contributed by atoms with Gasteiger partial charge in [-0.2, -0.15) is 0 Å². The Morgan fingerprint density at radius 3 is 2.47 bits per heavy atom. The molecule has 90 valence electrons. The lowest BCUT2D eigenvalue weighted by molar-refractivity contribution is -0.000157. The molecule has 15 heavy (non-hydrogen) atoms. The Labute approximate surface area is 94.0 Å². The standard InChI is InChI=1S/C13H26O2/c1-11(2)15-10-13(14)9-8-12-6-4-3-5-7-12/h11-14H,3-10H2,1-2H3. The van der Waals surface area contributed by atoms with Crippen molar-refractivity contribution in [1.82, 2.24) is 0 Å². The molecule has 1 N–H and O–H groups in total. The quantitative estimate of drug-likeness (QED) is 0.736. The molecule has 0 aromatic carbocycles. The molecule has 0 aliphatic heterocycles. The van der Waals surface area contributed by atoms with E-state index in [0.717, 1.165) is 12.3 Å². The van der Waals surface area contributed by atoms with Gasteiger partial charge in [-0.25, -0.2) is 0 Å². The van der Waals surface area contributed by atoms with Gasteiger partial charge in [-0.15, -0.1) is 0 Å². The third-order valence-corrected chi connectivity index (χ3v) is 3.25. The van der Waals surface area contributed by atoms with E-state index in [0.29, 0.717) is 6.61 Å². The molecular weight excluding hydrogens is 188 g/mol. The topological polar surface area (TPSA) is 29.5 Å². The Kier molecular flexibility index (Phi) is 6.26. The summed E-state index contributed by atoms with van der Waals surface area (Å²) < 4.78 is 5.39. The summed E-state index contributed by atoms with van der Waals surface area (Å²) in [6, 6.07) is 0. The van der Waals surface area contributed by atoms with Crippen LogP contribution in [0, 0.1) is 5.92 Å². The molecule has 1 aliphatic carbocycles. The van der Waals surface area contributed by atoms with Crippen LogP contribution in [-0.4, -0.2) is 23.9 Å². The fourth-order valence-corrected chi connectivity index (χ4v) is 2.29. The highest BCUT2D eigenvalue weighted by Gasteiger charge is 2.15. The van der Waals surface area contributed by atoms with Gasteiger partial charge >= 0.3 is 0 Å². The minimum atomic E-state index is -0.255. The van der Waals surface area contributed by atoms with Gasteiger partial charge < -0.3 is 9.84 Å². The Morgan fingerprint density at radius 1 is 1.20 bits per heavy atom. The third-order valence-electron chi connectivity index (χ3n) is 3.25. The van der Waals surface area contributed by atoms with Gasteiger partial charge in [0, 0.05) is 0 Å². The van der Waals surface area contributed by atoms with Crippen LogP contribution in [0.15, 0.2) is 0 Å². The van der Waals surface area contributed by atoms with E-state index in [-0.39, 0.29) is 12.2 Å². The Balaban J connectivity index is 2.02. The normalized spacial score (nSPS) is 20.8. The first-order chi connectivity index (χ1) is 7.18. The summed E-state index contributed by atoms with van der Waals surface area (Å²) >= 11 is 0. The first kappa shape index (κ1) is 13.0. The van der Waals surface area contributed by atoms with Crippen LogP contribution in [0.3, 0.4) is 0 Å². The summed E-state index contributed by atoms with van der Waals surface area (Å²) in [5, 5.41) is 9.70. The molecule has 1 atom stereocenters. The summed E-state index contributed by atoms with van der Waals surface area (Å²) in [4.78, 5) is 0. The number of aliphatic hydroxyl groups excluding tert-OH is 1. The predicted octanol–water partition coefficient (Wildman–Crippen LogP) is 3.13. The van der Waals surface area contributed by atoms with Gasteiger partial charge in [0.25, 0.3) is 0 Å². The number of hydrogen-bond acceptors (Lipinski definition) is 2. The molecule has 1 fully saturated rings. The van der Waals surface area contributed by atoms with Gasteiger partial charge in [-0.05, 0) is 32.6 Å². The van der Waals surface area contributed by atoms with Gasteiger partial charge in [0.1, 0.15) is 0 Å². The van der Waals surface area contributed by atoms with Gasteiger partial charge in [0.15, 0.2) is 0 Å². The molecule has 2 nitrogen and oxygen atoms in total. The van der Waals surface area contributed by atoms with Crippen LogP contribution in [-0.2, 0) is 4.74 Å². The van der Waals surface area contributed by atoms with Gasteiger partial charge in [0.05, 0.1) is 18.8 Å². The van der Waals surface area contributed by atoms with Crippen molar-refractivity contribution in [1.29, 1.82) is 0 Å². The molecule has 0 amide bonds. The minimum absolute atomic E-state index is 0.231. The molecule has 1 rings (SSSR count). The Hall–Kier alpha value is -0.0800. The summed E-state index contributed by atoms with van der Waals surface area (Å²) in [6.07, 6.45) is 9.01. The van der Waals surface area contributed by atoms with Crippen molar-refractivity contribution in [3.8, 4) is 0 Å². The van der Waals surface area contributed by atoms with E-state index >= 15 is 0 Å². The highest BCUT2D eigenvalue weighted by molar-refractivity contribution is 4.67. The molecular formula is C13H26O2. The lowest BCUT2D eigenvalue weighted by Gasteiger charge is -2.22. The van der Waals surface area contributed by atoms with Crippen LogP contribution >= 0.6 is 0 Å². The van der Waals surface area contributed by atoms with E-state index in [1.54, 1.807) is 0 Å². The summed E-state index contributed by atoms with van der Waals surface area (Å²) in [7, 11) is 0. The molecule has 0 aromatic heterocycles. The van der Waals surface area contributed by atoms with E-state index in [1.807, 2.05) is 13.8 Å². The highest BCUT2D eigenvalue weighted by Crippen LogP contribution is 2.27. The average molecular weight is 214 g/mol. The van der Waals surface area contributed by atoms with Crippen molar-refractivity contribution < 1.29 is 9.84 Å². The molecule has 0 saturated heterocycles. The van der Waals surface area contributed by atoms with E-state index in [9.17, 15) is 5.11 Å². The monoisotopic (exact) mass is 214 g/mol. The molecule has 1 unspecified atom stereocenters. The zero-order valence-electron chi connectivity index (χ0n) is 10.2. The maximum Gasteiger partial charge on any atom is 0.0773 e. The fraction of sp³-hybridized carbons (Fsp3) is 1.00. The molecule has 0 spiro atoms. The second-order valence-corrected chi connectivity index (χ2v) is 5.12.